The maximum absolute atomic E-state index is 11.3. The van der Waals surface area contributed by atoms with E-state index in [4.69, 9.17) is 20.7 Å². The van der Waals surface area contributed by atoms with Crippen molar-refractivity contribution in [3.63, 3.8) is 0 Å². The molecule has 3 aromatic heterocycles. The Morgan fingerprint density at radius 3 is 1.46 bits per heavy atom. The number of aliphatic hydroxyl groups excluding tert-OH is 1. The molecule has 0 aliphatic carbocycles. The minimum absolute atomic E-state index is 0.332. The summed E-state index contributed by atoms with van der Waals surface area (Å²) in [5.74, 6) is -1.18. The maximum atomic E-state index is 11.3. The Morgan fingerprint density at radius 1 is 0.743 bits per heavy atom. The molecule has 1 unspecified atom stereocenters. The molecule has 176 valence electrons. The Hall–Kier alpha value is -4.05. The van der Waals surface area contributed by atoms with Crippen molar-refractivity contribution < 1.29 is 5.11 Å². The molecule has 0 aliphatic rings. The van der Waals surface area contributed by atoms with E-state index in [-0.39, 0.29) is 0 Å². The van der Waals surface area contributed by atoms with E-state index in [1.54, 1.807) is 25.9 Å². The fraction of sp³-hybridized carbons (Fsp3) is 0.192. The lowest BCUT2D eigenvalue weighted by atomic mass is 10.2. The Morgan fingerprint density at radius 2 is 1.11 bits per heavy atom. The summed E-state index contributed by atoms with van der Waals surface area (Å²) in [6.45, 7) is 2.48. The summed E-state index contributed by atoms with van der Waals surface area (Å²) in [6, 6.07) is 23.9. The van der Waals surface area contributed by atoms with Gasteiger partial charge in [-0.15, -0.1) is 0 Å². The van der Waals surface area contributed by atoms with Gasteiger partial charge in [-0.2, -0.15) is 0 Å². The Bertz CT molecular complexity index is 1450. The quantitative estimate of drug-likeness (QED) is 0.351. The molecule has 3 N–H and O–H groups in total. The molecule has 1 atom stereocenters. The van der Waals surface area contributed by atoms with Gasteiger partial charge in [-0.3, -0.25) is 13.7 Å². The van der Waals surface area contributed by atoms with Gasteiger partial charge in [-0.1, -0.05) is 36.4 Å². The first-order chi connectivity index (χ1) is 17.2. The summed E-state index contributed by atoms with van der Waals surface area (Å²) in [4.78, 5) is 16.1. The lowest BCUT2D eigenvalue weighted by molar-refractivity contribution is -0.123. The molecule has 0 saturated carbocycles. The minimum atomic E-state index is -1.18. The standard InChI is InChI=1S/C26H26N8O/c1-19(35)31(15-14-27)26(32-16-28-20-8-2-5-11-23(20)32,33-17-29-21-9-3-6-12-24(21)33)34-18-30-22-10-4-7-13-25(22)34/h2-13,16-19,35H,14-15,27H2,1H3. The van der Waals surface area contributed by atoms with E-state index in [2.05, 4.69) is 13.7 Å². The molecule has 0 aliphatic heterocycles. The van der Waals surface area contributed by atoms with Crippen LogP contribution in [0, 0.1) is 0 Å². The molecule has 6 rings (SSSR count). The Kier molecular flexibility index (Phi) is 5.10. The number of para-hydroxylation sites is 6. The lowest BCUT2D eigenvalue weighted by Crippen LogP contribution is -2.63. The molecule has 35 heavy (non-hydrogen) atoms. The van der Waals surface area contributed by atoms with Gasteiger partial charge in [-0.05, 0) is 43.3 Å². The number of nitrogens with two attached hydrogens (primary N) is 1. The van der Waals surface area contributed by atoms with Crippen LogP contribution in [0.4, 0.5) is 0 Å². The van der Waals surface area contributed by atoms with Gasteiger partial charge in [0, 0.05) is 13.1 Å². The van der Waals surface area contributed by atoms with Crippen LogP contribution in [0.15, 0.2) is 91.8 Å². The van der Waals surface area contributed by atoms with Crippen molar-refractivity contribution in [2.45, 2.75) is 19.1 Å². The van der Waals surface area contributed by atoms with Gasteiger partial charge in [0.1, 0.15) is 25.2 Å². The van der Waals surface area contributed by atoms with Crippen LogP contribution in [-0.2, 0) is 5.91 Å². The lowest BCUT2D eigenvalue weighted by Gasteiger charge is -2.47. The number of benzene rings is 3. The van der Waals surface area contributed by atoms with Gasteiger partial charge in [0.05, 0.1) is 33.1 Å². The maximum Gasteiger partial charge on any atom is 0.273 e. The zero-order valence-corrected chi connectivity index (χ0v) is 19.3. The van der Waals surface area contributed by atoms with E-state index < -0.39 is 12.1 Å². The topological polar surface area (TPSA) is 103 Å². The first-order valence-corrected chi connectivity index (χ1v) is 11.6. The van der Waals surface area contributed by atoms with Gasteiger partial charge < -0.3 is 10.8 Å². The van der Waals surface area contributed by atoms with Crippen LogP contribution in [0.1, 0.15) is 6.92 Å². The fourth-order valence-electron chi connectivity index (χ4n) is 5.08. The highest BCUT2D eigenvalue weighted by atomic mass is 16.3. The van der Waals surface area contributed by atoms with Gasteiger partial charge in [-0.25, -0.2) is 19.9 Å². The normalized spacial score (nSPS) is 13.4. The summed E-state index contributed by atoms with van der Waals surface area (Å²) in [7, 11) is 0. The van der Waals surface area contributed by atoms with Crippen molar-refractivity contribution in [2.24, 2.45) is 5.73 Å². The second-order valence-electron chi connectivity index (χ2n) is 8.52. The first-order valence-electron chi connectivity index (χ1n) is 11.6. The minimum Gasteiger partial charge on any atom is -0.378 e. The third-order valence-corrected chi connectivity index (χ3v) is 6.54. The van der Waals surface area contributed by atoms with E-state index in [0.717, 1.165) is 33.1 Å². The Balaban J connectivity index is 1.84. The number of fused-ring (bicyclic) bond motifs is 3. The molecule has 6 aromatic rings. The van der Waals surface area contributed by atoms with Crippen LogP contribution >= 0.6 is 0 Å². The molecule has 0 spiro atoms. The highest BCUT2D eigenvalue weighted by Gasteiger charge is 2.47. The average molecular weight is 467 g/mol. The van der Waals surface area contributed by atoms with Crippen molar-refractivity contribution in [1.82, 2.24) is 33.6 Å². The largest absolute Gasteiger partial charge is 0.378 e. The first kappa shape index (κ1) is 21.5. The molecule has 0 amide bonds. The molecule has 9 nitrogen and oxygen atoms in total. The number of hydrogen-bond donors (Lipinski definition) is 2. The number of nitrogens with zero attached hydrogens (tertiary/aromatic N) is 7. The smallest absolute Gasteiger partial charge is 0.273 e. The molecular formula is C26H26N8O. The monoisotopic (exact) mass is 466 g/mol. The number of aliphatic hydroxyl groups is 1. The van der Waals surface area contributed by atoms with Crippen molar-refractivity contribution >= 4 is 33.1 Å². The van der Waals surface area contributed by atoms with Crippen LogP contribution in [0.25, 0.3) is 33.1 Å². The van der Waals surface area contributed by atoms with Gasteiger partial charge in [0.15, 0.2) is 0 Å². The average Bonchev–Trinajstić information content (AvgIpc) is 3.62. The van der Waals surface area contributed by atoms with Gasteiger partial charge in [0.25, 0.3) is 5.91 Å². The van der Waals surface area contributed by atoms with Crippen molar-refractivity contribution in [1.29, 1.82) is 0 Å². The van der Waals surface area contributed by atoms with Crippen LogP contribution in [0.2, 0.25) is 0 Å². The summed E-state index contributed by atoms with van der Waals surface area (Å²) in [6.07, 6.45) is 4.54. The molecule has 3 heterocycles. The van der Waals surface area contributed by atoms with Crippen molar-refractivity contribution in [3.8, 4) is 0 Å². The van der Waals surface area contributed by atoms with Gasteiger partial charge in [0.2, 0.25) is 0 Å². The molecule has 0 fully saturated rings. The van der Waals surface area contributed by atoms with Crippen LogP contribution in [-0.4, -0.2) is 58.0 Å². The SMILES string of the molecule is CC(O)N(CCN)C(n1cnc2ccccc21)(n1cnc2ccccc21)n1cnc2ccccc21. The number of imidazole rings is 3. The van der Waals surface area contributed by atoms with Crippen molar-refractivity contribution in [3.05, 3.63) is 91.8 Å². The summed E-state index contributed by atoms with van der Waals surface area (Å²) >= 11 is 0. The van der Waals surface area contributed by atoms with E-state index in [1.165, 1.54) is 0 Å². The molecule has 0 saturated heterocycles. The predicted molar refractivity (Wildman–Crippen MR) is 135 cm³/mol. The second kappa shape index (κ2) is 8.31. The zero-order chi connectivity index (χ0) is 24.0. The van der Waals surface area contributed by atoms with E-state index in [0.29, 0.717) is 13.1 Å². The molecule has 0 radical (unpaired) electrons. The Labute approximate surface area is 201 Å². The number of hydrogen-bond acceptors (Lipinski definition) is 6. The van der Waals surface area contributed by atoms with E-state index in [9.17, 15) is 5.11 Å². The van der Waals surface area contributed by atoms with Crippen LogP contribution in [0.3, 0.4) is 0 Å². The fourth-order valence-corrected chi connectivity index (χ4v) is 5.08. The molecule has 3 aromatic carbocycles. The number of rotatable bonds is 7. The highest BCUT2D eigenvalue weighted by molar-refractivity contribution is 5.79. The second-order valence-corrected chi connectivity index (χ2v) is 8.52. The van der Waals surface area contributed by atoms with Crippen LogP contribution in [0.5, 0.6) is 0 Å². The zero-order valence-electron chi connectivity index (χ0n) is 19.3. The third kappa shape index (κ3) is 3.09. The van der Waals surface area contributed by atoms with E-state index >= 15 is 0 Å². The summed E-state index contributed by atoms with van der Waals surface area (Å²) < 4.78 is 6.19. The van der Waals surface area contributed by atoms with Crippen LogP contribution < -0.4 is 5.73 Å². The van der Waals surface area contributed by atoms with E-state index in [1.807, 2.05) is 77.7 Å². The molecular weight excluding hydrogens is 440 g/mol. The predicted octanol–water partition coefficient (Wildman–Crippen LogP) is 3.00. The summed E-state index contributed by atoms with van der Waals surface area (Å²) in [5, 5.41) is 11.3. The van der Waals surface area contributed by atoms with Gasteiger partial charge >= 0.3 is 0 Å². The molecule has 0 bridgehead atoms. The van der Waals surface area contributed by atoms with Crippen molar-refractivity contribution in [2.75, 3.05) is 13.1 Å². The summed E-state index contributed by atoms with van der Waals surface area (Å²) in [5.41, 5.74) is 11.3. The number of aromatic nitrogens is 6. The molecule has 9 heteroatoms. The highest BCUT2D eigenvalue weighted by Crippen LogP contribution is 2.36. The third-order valence-electron chi connectivity index (χ3n) is 6.54.